The van der Waals surface area contributed by atoms with Crippen molar-refractivity contribution in [3.8, 4) is 23.0 Å². The number of carbonyl (C=O) groups excluding carboxylic acids is 2. The zero-order valence-corrected chi connectivity index (χ0v) is 23.8. The van der Waals surface area contributed by atoms with Crippen LogP contribution in [0.25, 0.3) is 0 Å². The number of nitrogens with zero attached hydrogens (tertiary/aromatic N) is 3. The lowest BCUT2D eigenvalue weighted by Crippen LogP contribution is -2.40. The number of phenolic OH excluding ortho intramolecular Hbond substituents is 1. The van der Waals surface area contributed by atoms with E-state index in [2.05, 4.69) is 17.3 Å². The summed E-state index contributed by atoms with van der Waals surface area (Å²) in [5.74, 6) is 1.20. The molecule has 1 atom stereocenters. The highest BCUT2D eigenvalue weighted by Crippen LogP contribution is 2.40. The summed E-state index contributed by atoms with van der Waals surface area (Å²) in [5.41, 5.74) is 4.67. The van der Waals surface area contributed by atoms with Crippen molar-refractivity contribution in [3.63, 3.8) is 0 Å². The summed E-state index contributed by atoms with van der Waals surface area (Å²) in [6.07, 6.45) is 3.85. The first-order valence-electron chi connectivity index (χ1n) is 14.4. The van der Waals surface area contributed by atoms with Gasteiger partial charge in [0.15, 0.2) is 0 Å². The highest BCUT2D eigenvalue weighted by molar-refractivity contribution is 5.97. The highest BCUT2D eigenvalue weighted by atomic mass is 16.5. The Kier molecular flexibility index (Phi) is 7.56. The van der Waals surface area contributed by atoms with Crippen molar-refractivity contribution >= 4 is 11.8 Å². The summed E-state index contributed by atoms with van der Waals surface area (Å²) in [4.78, 5) is 28.8. The van der Waals surface area contributed by atoms with Crippen molar-refractivity contribution in [2.45, 2.75) is 45.7 Å². The van der Waals surface area contributed by atoms with Crippen LogP contribution in [0, 0.1) is 6.92 Å². The molecule has 3 aliphatic rings. The first-order chi connectivity index (χ1) is 20.4. The van der Waals surface area contributed by atoms with Gasteiger partial charge in [0, 0.05) is 25.3 Å². The number of rotatable bonds is 3. The third kappa shape index (κ3) is 5.30. The number of hydrogen-bond donors (Lipinski definition) is 2. The standard InChI is InChI=1S/C33H34N4O5/c1-3-14-37-21(2)29(20-35-37)33(40)36-15-12-22-17-25-8-10-27(22)31(36)23-6-4-7-24(18-23)41-16-5-13-34-32(39)28-19-26(42-25)9-11-30(28)38/h4,6-11,17-20,31,38H,3,5,12-16H2,1-2H3,(H,34,39). The topological polar surface area (TPSA) is 106 Å². The number of nitrogens with one attached hydrogen (secondary N) is 1. The largest absolute Gasteiger partial charge is 0.507 e. The third-order valence-electron chi connectivity index (χ3n) is 7.87. The van der Waals surface area contributed by atoms with Crippen LogP contribution in [0.4, 0.5) is 0 Å². The van der Waals surface area contributed by atoms with Gasteiger partial charge in [0.05, 0.1) is 30.0 Å². The maximum absolute atomic E-state index is 14.1. The first kappa shape index (κ1) is 27.4. The van der Waals surface area contributed by atoms with Gasteiger partial charge in [-0.15, -0.1) is 0 Å². The molecule has 2 amide bonds. The Morgan fingerprint density at radius 1 is 1.10 bits per heavy atom. The summed E-state index contributed by atoms with van der Waals surface area (Å²) in [5, 5.41) is 17.6. The van der Waals surface area contributed by atoms with Crippen LogP contribution >= 0.6 is 0 Å². The van der Waals surface area contributed by atoms with Crippen molar-refractivity contribution in [3.05, 3.63) is 100 Å². The van der Waals surface area contributed by atoms with Gasteiger partial charge >= 0.3 is 0 Å². The number of amides is 2. The number of fused-ring (bicyclic) bond motifs is 6. The zero-order valence-electron chi connectivity index (χ0n) is 23.8. The number of hydrogen-bond acceptors (Lipinski definition) is 6. The van der Waals surface area contributed by atoms with Crippen LogP contribution in [-0.2, 0) is 13.0 Å². The Labute approximate surface area is 244 Å². The number of benzene rings is 3. The molecule has 4 aromatic rings. The fourth-order valence-corrected chi connectivity index (χ4v) is 5.72. The number of carbonyl (C=O) groups is 2. The Morgan fingerprint density at radius 3 is 2.79 bits per heavy atom. The summed E-state index contributed by atoms with van der Waals surface area (Å²) in [6.45, 7) is 6.10. The summed E-state index contributed by atoms with van der Waals surface area (Å²) < 4.78 is 14.1. The van der Waals surface area contributed by atoms with Crippen molar-refractivity contribution in [2.75, 3.05) is 19.7 Å². The quantitative estimate of drug-likeness (QED) is 0.344. The number of aromatic nitrogens is 2. The molecule has 3 aromatic carbocycles. The van der Waals surface area contributed by atoms with Gasteiger partial charge in [-0.25, -0.2) is 0 Å². The number of phenols is 1. The van der Waals surface area contributed by atoms with E-state index in [9.17, 15) is 14.7 Å². The molecular weight excluding hydrogens is 532 g/mol. The van der Waals surface area contributed by atoms with Gasteiger partial charge in [-0.3, -0.25) is 14.3 Å². The predicted octanol–water partition coefficient (Wildman–Crippen LogP) is 5.40. The summed E-state index contributed by atoms with van der Waals surface area (Å²) in [7, 11) is 0. The SMILES string of the molecule is CCCn1ncc(C(=O)N2CCc3cc4ccc3C2c2cccc(c2)OCCCNC(=O)c2cc(ccc2O)O4)c1C. The van der Waals surface area contributed by atoms with Crippen molar-refractivity contribution in [1.29, 1.82) is 0 Å². The van der Waals surface area contributed by atoms with Crippen LogP contribution < -0.4 is 14.8 Å². The van der Waals surface area contributed by atoms with E-state index in [1.165, 1.54) is 6.07 Å². The molecular formula is C33H34N4O5. The monoisotopic (exact) mass is 566 g/mol. The van der Waals surface area contributed by atoms with Gasteiger partial charge in [-0.05, 0) is 85.3 Å². The van der Waals surface area contributed by atoms with E-state index in [0.29, 0.717) is 55.4 Å². The van der Waals surface area contributed by atoms with Crippen molar-refractivity contribution in [2.24, 2.45) is 0 Å². The second-order valence-corrected chi connectivity index (χ2v) is 10.7. The molecule has 0 spiro atoms. The Hall–Kier alpha value is -4.79. The molecule has 7 rings (SSSR count). The molecule has 0 saturated heterocycles. The molecule has 0 radical (unpaired) electrons. The molecule has 42 heavy (non-hydrogen) atoms. The fourth-order valence-electron chi connectivity index (χ4n) is 5.72. The molecule has 9 heteroatoms. The lowest BCUT2D eigenvalue weighted by atomic mass is 9.87. The Bertz CT molecular complexity index is 1650. The zero-order chi connectivity index (χ0) is 29.2. The number of aryl methyl sites for hydroxylation is 1. The van der Waals surface area contributed by atoms with E-state index in [-0.39, 0.29) is 29.2 Å². The minimum absolute atomic E-state index is 0.0494. The highest BCUT2D eigenvalue weighted by Gasteiger charge is 2.34. The smallest absolute Gasteiger partial charge is 0.258 e. The van der Waals surface area contributed by atoms with Crippen LogP contribution in [-0.4, -0.2) is 51.3 Å². The average Bonchev–Trinajstić information content (AvgIpc) is 3.36. The van der Waals surface area contributed by atoms with Crippen molar-refractivity contribution in [1.82, 2.24) is 20.0 Å². The van der Waals surface area contributed by atoms with Gasteiger partial charge in [0.2, 0.25) is 0 Å². The molecule has 216 valence electrons. The molecule has 9 nitrogen and oxygen atoms in total. The molecule has 2 N–H and O–H groups in total. The lowest BCUT2D eigenvalue weighted by molar-refractivity contribution is 0.0693. The maximum Gasteiger partial charge on any atom is 0.258 e. The van der Waals surface area contributed by atoms with Gasteiger partial charge in [-0.2, -0.15) is 5.10 Å². The maximum atomic E-state index is 14.1. The van der Waals surface area contributed by atoms with E-state index in [0.717, 1.165) is 35.3 Å². The minimum Gasteiger partial charge on any atom is -0.507 e. The van der Waals surface area contributed by atoms with Crippen LogP contribution in [0.1, 0.15) is 68.9 Å². The van der Waals surface area contributed by atoms with Crippen molar-refractivity contribution < 1.29 is 24.2 Å². The molecule has 8 bridgehead atoms. The van der Waals surface area contributed by atoms with E-state index >= 15 is 0 Å². The van der Waals surface area contributed by atoms with E-state index in [4.69, 9.17) is 9.47 Å². The van der Waals surface area contributed by atoms with Crippen LogP contribution in [0.5, 0.6) is 23.0 Å². The van der Waals surface area contributed by atoms with Gasteiger partial charge in [0.1, 0.15) is 23.0 Å². The van der Waals surface area contributed by atoms with Crippen LogP contribution in [0.2, 0.25) is 0 Å². The van der Waals surface area contributed by atoms with Gasteiger partial charge in [0.25, 0.3) is 11.8 Å². The third-order valence-corrected chi connectivity index (χ3v) is 7.87. The average molecular weight is 567 g/mol. The first-order valence-corrected chi connectivity index (χ1v) is 14.4. The molecule has 0 aliphatic carbocycles. The Morgan fingerprint density at radius 2 is 1.93 bits per heavy atom. The van der Waals surface area contributed by atoms with E-state index < -0.39 is 0 Å². The van der Waals surface area contributed by atoms with E-state index in [1.54, 1.807) is 18.3 Å². The molecule has 1 aromatic heterocycles. The van der Waals surface area contributed by atoms with Gasteiger partial charge < -0.3 is 24.8 Å². The number of aromatic hydroxyl groups is 1. The minimum atomic E-state index is -0.380. The molecule has 4 heterocycles. The summed E-state index contributed by atoms with van der Waals surface area (Å²) in [6, 6.07) is 18.0. The number of ether oxygens (including phenoxy) is 2. The summed E-state index contributed by atoms with van der Waals surface area (Å²) >= 11 is 0. The molecule has 1 unspecified atom stereocenters. The van der Waals surface area contributed by atoms with Gasteiger partial charge in [-0.1, -0.05) is 25.1 Å². The second kappa shape index (κ2) is 11.6. The lowest BCUT2D eigenvalue weighted by Gasteiger charge is -2.38. The molecule has 0 fully saturated rings. The Balaban J connectivity index is 1.42. The van der Waals surface area contributed by atoms with Crippen LogP contribution in [0.15, 0.2) is 66.9 Å². The van der Waals surface area contributed by atoms with Crippen LogP contribution in [0.3, 0.4) is 0 Å². The molecule has 0 saturated carbocycles. The molecule has 3 aliphatic heterocycles. The fraction of sp³-hybridized carbons (Fsp3) is 0.303. The van der Waals surface area contributed by atoms with E-state index in [1.807, 2.05) is 59.0 Å². The second-order valence-electron chi connectivity index (χ2n) is 10.7. The normalized spacial score (nSPS) is 16.6. The predicted molar refractivity (Wildman–Crippen MR) is 157 cm³/mol.